The van der Waals surface area contributed by atoms with Gasteiger partial charge in [0.05, 0.1) is 13.0 Å². The number of hydrogen-bond donors (Lipinski definition) is 1. The van der Waals surface area contributed by atoms with Crippen molar-refractivity contribution < 1.29 is 19.1 Å². The van der Waals surface area contributed by atoms with Gasteiger partial charge in [-0.15, -0.1) is 0 Å². The molecule has 0 saturated heterocycles. The first-order chi connectivity index (χ1) is 10.3. The Morgan fingerprint density at radius 3 is 2.57 bits per heavy atom. The molecule has 1 N–H and O–H groups in total. The van der Waals surface area contributed by atoms with E-state index in [1.807, 2.05) is 31.2 Å². The lowest BCUT2D eigenvalue weighted by molar-refractivity contribution is -0.118. The molecule has 5 nitrogen and oxygen atoms in total. The van der Waals surface area contributed by atoms with Crippen LogP contribution in [0.3, 0.4) is 0 Å². The molecular formula is C16H22NO4. The largest absolute Gasteiger partial charge is 0.490 e. The fourth-order valence-corrected chi connectivity index (χ4v) is 1.75. The van der Waals surface area contributed by atoms with Crippen molar-refractivity contribution in [1.82, 2.24) is 5.32 Å². The van der Waals surface area contributed by atoms with Crippen LogP contribution in [-0.4, -0.2) is 38.4 Å². The average molecular weight is 292 g/mol. The van der Waals surface area contributed by atoms with Crippen LogP contribution < -0.4 is 14.8 Å². The highest BCUT2D eigenvalue weighted by molar-refractivity contribution is 6.01. The van der Waals surface area contributed by atoms with Crippen molar-refractivity contribution in [2.45, 2.75) is 19.8 Å². The molecule has 1 rings (SSSR count). The van der Waals surface area contributed by atoms with Crippen molar-refractivity contribution in [2.75, 3.05) is 26.3 Å². The molecule has 5 heteroatoms. The monoisotopic (exact) mass is 292 g/mol. The van der Waals surface area contributed by atoms with Crippen LogP contribution in [0.1, 0.15) is 19.8 Å². The number of rotatable bonds is 12. The van der Waals surface area contributed by atoms with Crippen molar-refractivity contribution >= 4 is 12.1 Å². The summed E-state index contributed by atoms with van der Waals surface area (Å²) in [5.74, 6) is 1.35. The Hall–Kier alpha value is -1.88. The topological polar surface area (TPSA) is 64.6 Å². The molecule has 0 aliphatic carbocycles. The predicted molar refractivity (Wildman–Crippen MR) is 80.6 cm³/mol. The number of Topliss-reactive ketones (excluding diaryl/α,β-unsaturated/α-hetero) is 1. The zero-order valence-electron chi connectivity index (χ0n) is 12.3. The third-order valence-electron chi connectivity index (χ3n) is 2.72. The van der Waals surface area contributed by atoms with E-state index in [2.05, 4.69) is 5.32 Å². The molecule has 0 heterocycles. The molecule has 0 unspecified atom stereocenters. The van der Waals surface area contributed by atoms with E-state index in [-0.39, 0.29) is 5.78 Å². The van der Waals surface area contributed by atoms with Crippen LogP contribution in [0.2, 0.25) is 0 Å². The highest BCUT2D eigenvalue weighted by atomic mass is 16.5. The highest BCUT2D eigenvalue weighted by Gasteiger charge is 2.03. The summed E-state index contributed by atoms with van der Waals surface area (Å²) in [4.78, 5) is 21.1. The van der Waals surface area contributed by atoms with Crippen LogP contribution in [0.4, 0.5) is 0 Å². The van der Waals surface area contributed by atoms with E-state index in [9.17, 15) is 9.59 Å². The van der Waals surface area contributed by atoms with Gasteiger partial charge in [-0.3, -0.25) is 4.79 Å². The summed E-state index contributed by atoms with van der Waals surface area (Å²) in [5.41, 5.74) is 0. The molecule has 0 aliphatic heterocycles. The number of nitrogens with one attached hydrogen (secondary N) is 1. The molecular weight excluding hydrogens is 270 g/mol. The summed E-state index contributed by atoms with van der Waals surface area (Å²) in [5, 5.41) is 3.18. The number of carbonyl (C=O) groups excluding carboxylic acids is 2. The minimum absolute atomic E-state index is 0.131. The molecule has 0 aliphatic rings. The van der Waals surface area contributed by atoms with Crippen molar-refractivity contribution in [1.29, 1.82) is 0 Å². The first kappa shape index (κ1) is 17.2. The Labute approximate surface area is 125 Å². The SMILES string of the molecule is CCOc1ccccc1OCCNCCCC(=O)[CH]C=O. The first-order valence-corrected chi connectivity index (χ1v) is 7.14. The van der Waals surface area contributed by atoms with Gasteiger partial charge < -0.3 is 19.6 Å². The van der Waals surface area contributed by atoms with E-state index in [1.165, 1.54) is 0 Å². The highest BCUT2D eigenvalue weighted by Crippen LogP contribution is 2.25. The summed E-state index contributed by atoms with van der Waals surface area (Å²) < 4.78 is 11.1. The number of aldehydes is 1. The maximum Gasteiger partial charge on any atom is 0.161 e. The van der Waals surface area contributed by atoms with Gasteiger partial charge in [-0.1, -0.05) is 12.1 Å². The smallest absolute Gasteiger partial charge is 0.161 e. The van der Waals surface area contributed by atoms with Crippen molar-refractivity contribution in [3.63, 3.8) is 0 Å². The summed E-state index contributed by atoms with van der Waals surface area (Å²) in [6, 6.07) is 7.56. The van der Waals surface area contributed by atoms with Gasteiger partial charge in [0.2, 0.25) is 0 Å². The van der Waals surface area contributed by atoms with Gasteiger partial charge in [-0.25, -0.2) is 0 Å². The summed E-state index contributed by atoms with van der Waals surface area (Å²) in [6.07, 6.45) is 2.69. The van der Waals surface area contributed by atoms with Gasteiger partial charge in [0.15, 0.2) is 11.5 Å². The molecule has 0 bridgehead atoms. The minimum atomic E-state index is -0.131. The molecule has 0 saturated carbocycles. The van der Waals surface area contributed by atoms with E-state index >= 15 is 0 Å². The summed E-state index contributed by atoms with van der Waals surface area (Å²) >= 11 is 0. The van der Waals surface area contributed by atoms with E-state index in [0.29, 0.717) is 38.9 Å². The number of ether oxygens (including phenoxy) is 2. The Kier molecular flexibility index (Phi) is 8.88. The Balaban J connectivity index is 2.11. The zero-order valence-corrected chi connectivity index (χ0v) is 12.3. The lowest BCUT2D eigenvalue weighted by atomic mass is 10.2. The number of hydrogen-bond acceptors (Lipinski definition) is 5. The van der Waals surface area contributed by atoms with Crippen LogP contribution in [-0.2, 0) is 9.59 Å². The van der Waals surface area contributed by atoms with Gasteiger partial charge in [-0.05, 0) is 32.0 Å². The van der Waals surface area contributed by atoms with Crippen LogP contribution in [0.5, 0.6) is 11.5 Å². The Bertz CT molecular complexity index is 434. The van der Waals surface area contributed by atoms with E-state index in [4.69, 9.17) is 9.47 Å². The second kappa shape index (κ2) is 10.9. The number of para-hydroxylation sites is 2. The summed E-state index contributed by atoms with van der Waals surface area (Å²) in [7, 11) is 0. The standard InChI is InChI=1S/C16H22NO4/c1-2-20-15-7-3-4-8-16(15)21-13-11-17-10-5-6-14(19)9-12-18/h3-4,7-9,12,17H,2,5-6,10-11,13H2,1H3. The maximum atomic E-state index is 11.1. The van der Waals surface area contributed by atoms with E-state index in [0.717, 1.165) is 24.5 Å². The second-order valence-corrected chi connectivity index (χ2v) is 4.35. The third kappa shape index (κ3) is 7.46. The third-order valence-corrected chi connectivity index (χ3v) is 2.72. The van der Waals surface area contributed by atoms with Crippen molar-refractivity contribution in [3.8, 4) is 11.5 Å². The van der Waals surface area contributed by atoms with Gasteiger partial charge in [0.25, 0.3) is 0 Å². The normalized spacial score (nSPS) is 10.1. The van der Waals surface area contributed by atoms with Gasteiger partial charge in [0, 0.05) is 13.0 Å². The van der Waals surface area contributed by atoms with Crippen LogP contribution in [0.25, 0.3) is 0 Å². The lowest BCUT2D eigenvalue weighted by Crippen LogP contribution is -2.22. The van der Waals surface area contributed by atoms with E-state index < -0.39 is 0 Å². The second-order valence-electron chi connectivity index (χ2n) is 4.35. The van der Waals surface area contributed by atoms with E-state index in [1.54, 1.807) is 0 Å². The molecule has 0 atom stereocenters. The van der Waals surface area contributed by atoms with Gasteiger partial charge >= 0.3 is 0 Å². The maximum absolute atomic E-state index is 11.1. The molecule has 0 aromatic heterocycles. The molecule has 1 aromatic carbocycles. The predicted octanol–water partition coefficient (Wildman–Crippen LogP) is 1.81. The fourth-order valence-electron chi connectivity index (χ4n) is 1.75. The quantitative estimate of drug-likeness (QED) is 0.361. The van der Waals surface area contributed by atoms with Crippen LogP contribution in [0, 0.1) is 6.42 Å². The zero-order chi connectivity index (χ0) is 15.3. The summed E-state index contributed by atoms with van der Waals surface area (Å²) in [6.45, 7) is 4.46. The van der Waals surface area contributed by atoms with Crippen molar-refractivity contribution in [2.24, 2.45) is 0 Å². The number of benzene rings is 1. The fraction of sp³-hybridized carbons (Fsp3) is 0.438. The van der Waals surface area contributed by atoms with Gasteiger partial charge in [0.1, 0.15) is 18.7 Å². The molecule has 21 heavy (non-hydrogen) atoms. The Morgan fingerprint density at radius 1 is 1.19 bits per heavy atom. The molecule has 0 spiro atoms. The minimum Gasteiger partial charge on any atom is -0.490 e. The number of ketones is 1. The average Bonchev–Trinajstić information content (AvgIpc) is 2.48. The van der Waals surface area contributed by atoms with Crippen molar-refractivity contribution in [3.05, 3.63) is 30.7 Å². The Morgan fingerprint density at radius 2 is 1.90 bits per heavy atom. The van der Waals surface area contributed by atoms with Crippen LogP contribution in [0.15, 0.2) is 24.3 Å². The first-order valence-electron chi connectivity index (χ1n) is 7.14. The molecule has 0 amide bonds. The van der Waals surface area contributed by atoms with Crippen LogP contribution >= 0.6 is 0 Å². The molecule has 1 aromatic rings. The molecule has 115 valence electrons. The number of carbonyl (C=O) groups is 2. The molecule has 1 radical (unpaired) electrons. The van der Waals surface area contributed by atoms with Gasteiger partial charge in [-0.2, -0.15) is 0 Å². The lowest BCUT2D eigenvalue weighted by Gasteiger charge is -2.11. The molecule has 0 fully saturated rings.